The molecule has 2 aliphatic carbocycles. The van der Waals surface area contributed by atoms with Crippen molar-refractivity contribution in [3.05, 3.63) is 35.9 Å². The zero-order chi connectivity index (χ0) is 16.2. The minimum atomic E-state index is -0.430. The number of hydrogen-bond donors (Lipinski definition) is 2. The van der Waals surface area contributed by atoms with Crippen LogP contribution in [0.4, 0.5) is 0 Å². The van der Waals surface area contributed by atoms with Gasteiger partial charge in [0, 0.05) is 24.7 Å². The molecule has 2 aliphatic rings. The Balaban J connectivity index is 1.72. The summed E-state index contributed by atoms with van der Waals surface area (Å²) in [4.78, 5) is 14.7. The van der Waals surface area contributed by atoms with Crippen LogP contribution in [-0.4, -0.2) is 35.0 Å². The molecule has 0 bridgehead atoms. The summed E-state index contributed by atoms with van der Waals surface area (Å²) >= 11 is 0. The summed E-state index contributed by atoms with van der Waals surface area (Å²) in [5.41, 5.74) is 7.11. The number of nitrogens with zero attached hydrogens (tertiary/aromatic N) is 1. The van der Waals surface area contributed by atoms with Crippen molar-refractivity contribution in [2.45, 2.75) is 76.2 Å². The molecule has 0 saturated heterocycles. The standard InChI is InChI=1S/C19H29N3O/c1-14(20)19(23)21-17-9-5-6-10-18(17)22(16-11-12-16)13-15-7-3-2-4-8-15/h2-4,7-8,14,16-18H,5-6,9-13,20H2,1H3,(H,21,23)/t14-,17+,18+/m0/s1. The van der Waals surface area contributed by atoms with Gasteiger partial charge in [0.05, 0.1) is 6.04 Å². The lowest BCUT2D eigenvalue weighted by molar-refractivity contribution is -0.123. The van der Waals surface area contributed by atoms with Gasteiger partial charge in [-0.15, -0.1) is 0 Å². The van der Waals surface area contributed by atoms with Gasteiger partial charge in [-0.3, -0.25) is 9.69 Å². The first-order valence-electron chi connectivity index (χ1n) is 9.01. The van der Waals surface area contributed by atoms with E-state index in [-0.39, 0.29) is 11.9 Å². The molecule has 0 unspecified atom stereocenters. The van der Waals surface area contributed by atoms with Crippen LogP contribution in [0.15, 0.2) is 30.3 Å². The number of rotatable bonds is 6. The zero-order valence-electron chi connectivity index (χ0n) is 14.1. The summed E-state index contributed by atoms with van der Waals surface area (Å²) in [5, 5.41) is 3.21. The SMILES string of the molecule is C[C@H](N)C(=O)N[C@@H]1CCCC[C@H]1N(Cc1ccccc1)C1CC1. The molecule has 3 atom stereocenters. The second-order valence-corrected chi connectivity index (χ2v) is 7.14. The average Bonchev–Trinajstić information content (AvgIpc) is 3.39. The van der Waals surface area contributed by atoms with Crippen molar-refractivity contribution in [2.75, 3.05) is 0 Å². The molecular formula is C19H29N3O. The van der Waals surface area contributed by atoms with E-state index in [0.29, 0.717) is 12.1 Å². The summed E-state index contributed by atoms with van der Waals surface area (Å²) < 4.78 is 0. The van der Waals surface area contributed by atoms with Crippen LogP contribution in [0, 0.1) is 0 Å². The molecule has 2 saturated carbocycles. The van der Waals surface area contributed by atoms with Crippen molar-refractivity contribution < 1.29 is 4.79 Å². The summed E-state index contributed by atoms with van der Waals surface area (Å²) in [6, 6.07) is 11.6. The molecule has 1 aromatic rings. The van der Waals surface area contributed by atoms with Crippen LogP contribution in [0.5, 0.6) is 0 Å². The second kappa shape index (κ2) is 7.45. The van der Waals surface area contributed by atoms with Gasteiger partial charge in [0.1, 0.15) is 0 Å². The first-order chi connectivity index (χ1) is 11.1. The molecule has 3 rings (SSSR count). The van der Waals surface area contributed by atoms with E-state index >= 15 is 0 Å². The van der Waals surface area contributed by atoms with Crippen LogP contribution in [0.1, 0.15) is 51.0 Å². The van der Waals surface area contributed by atoms with E-state index in [1.807, 2.05) is 0 Å². The predicted molar refractivity (Wildman–Crippen MR) is 92.8 cm³/mol. The third-order valence-electron chi connectivity index (χ3n) is 5.12. The number of hydrogen-bond acceptors (Lipinski definition) is 3. The Hall–Kier alpha value is -1.39. The van der Waals surface area contributed by atoms with Crippen LogP contribution >= 0.6 is 0 Å². The summed E-state index contributed by atoms with van der Waals surface area (Å²) in [6.45, 7) is 2.75. The first kappa shape index (κ1) is 16.5. The van der Waals surface area contributed by atoms with Gasteiger partial charge < -0.3 is 11.1 Å². The Morgan fingerprint density at radius 3 is 2.57 bits per heavy atom. The molecule has 1 amide bonds. The van der Waals surface area contributed by atoms with Crippen LogP contribution in [0.2, 0.25) is 0 Å². The molecule has 0 spiro atoms. The zero-order valence-corrected chi connectivity index (χ0v) is 14.1. The van der Waals surface area contributed by atoms with E-state index in [9.17, 15) is 4.79 Å². The van der Waals surface area contributed by atoms with E-state index in [1.54, 1.807) is 6.92 Å². The molecule has 1 aromatic carbocycles. The molecule has 4 heteroatoms. The van der Waals surface area contributed by atoms with E-state index in [2.05, 4.69) is 40.5 Å². The van der Waals surface area contributed by atoms with Crippen molar-refractivity contribution in [3.63, 3.8) is 0 Å². The molecule has 0 aliphatic heterocycles. The molecule has 2 fully saturated rings. The number of nitrogens with one attached hydrogen (secondary N) is 1. The molecular weight excluding hydrogens is 286 g/mol. The van der Waals surface area contributed by atoms with E-state index in [0.717, 1.165) is 13.0 Å². The molecule has 0 radical (unpaired) electrons. The fourth-order valence-corrected chi connectivity index (χ4v) is 3.71. The van der Waals surface area contributed by atoms with Crippen LogP contribution in [0.25, 0.3) is 0 Å². The predicted octanol–water partition coefficient (Wildman–Crippen LogP) is 2.43. The van der Waals surface area contributed by atoms with E-state index < -0.39 is 6.04 Å². The van der Waals surface area contributed by atoms with Crippen LogP contribution in [-0.2, 0) is 11.3 Å². The van der Waals surface area contributed by atoms with Crippen molar-refractivity contribution in [2.24, 2.45) is 5.73 Å². The highest BCUT2D eigenvalue weighted by atomic mass is 16.2. The van der Waals surface area contributed by atoms with Crippen LogP contribution in [0.3, 0.4) is 0 Å². The fraction of sp³-hybridized carbons (Fsp3) is 0.632. The summed E-state index contributed by atoms with van der Waals surface area (Å²) in [5.74, 6) is -0.0163. The Labute approximate surface area is 139 Å². The normalized spacial score (nSPS) is 26.0. The molecule has 126 valence electrons. The van der Waals surface area contributed by atoms with Crippen LogP contribution < -0.4 is 11.1 Å². The lowest BCUT2D eigenvalue weighted by Gasteiger charge is -2.41. The maximum Gasteiger partial charge on any atom is 0.236 e. The van der Waals surface area contributed by atoms with Crippen molar-refractivity contribution >= 4 is 5.91 Å². The fourth-order valence-electron chi connectivity index (χ4n) is 3.71. The first-order valence-corrected chi connectivity index (χ1v) is 9.01. The average molecular weight is 315 g/mol. The maximum atomic E-state index is 12.1. The smallest absolute Gasteiger partial charge is 0.236 e. The second-order valence-electron chi connectivity index (χ2n) is 7.14. The molecule has 4 nitrogen and oxygen atoms in total. The van der Waals surface area contributed by atoms with E-state index in [1.165, 1.54) is 37.7 Å². The lowest BCUT2D eigenvalue weighted by Crippen LogP contribution is -2.56. The third kappa shape index (κ3) is 4.33. The Morgan fingerprint density at radius 1 is 1.22 bits per heavy atom. The van der Waals surface area contributed by atoms with E-state index in [4.69, 9.17) is 5.73 Å². The van der Waals surface area contributed by atoms with Gasteiger partial charge in [-0.1, -0.05) is 43.2 Å². The van der Waals surface area contributed by atoms with Gasteiger partial charge in [0.25, 0.3) is 0 Å². The number of amides is 1. The number of carbonyl (C=O) groups is 1. The van der Waals surface area contributed by atoms with Crippen molar-refractivity contribution in [3.8, 4) is 0 Å². The Kier molecular flexibility index (Phi) is 5.34. The van der Waals surface area contributed by atoms with Crippen molar-refractivity contribution in [1.29, 1.82) is 0 Å². The monoisotopic (exact) mass is 315 g/mol. The van der Waals surface area contributed by atoms with Gasteiger partial charge in [-0.25, -0.2) is 0 Å². The highest BCUT2D eigenvalue weighted by molar-refractivity contribution is 5.81. The maximum absolute atomic E-state index is 12.1. The van der Waals surface area contributed by atoms with Gasteiger partial charge >= 0.3 is 0 Å². The van der Waals surface area contributed by atoms with Gasteiger partial charge in [0.2, 0.25) is 5.91 Å². The number of nitrogens with two attached hydrogens (primary N) is 1. The van der Waals surface area contributed by atoms with Gasteiger partial charge in [-0.05, 0) is 38.2 Å². The van der Waals surface area contributed by atoms with Gasteiger partial charge in [-0.2, -0.15) is 0 Å². The van der Waals surface area contributed by atoms with Gasteiger partial charge in [0.15, 0.2) is 0 Å². The van der Waals surface area contributed by atoms with Crippen molar-refractivity contribution in [1.82, 2.24) is 10.2 Å². The molecule has 0 aromatic heterocycles. The highest BCUT2D eigenvalue weighted by Crippen LogP contribution is 2.35. The number of carbonyl (C=O) groups excluding carboxylic acids is 1. The summed E-state index contributed by atoms with van der Waals surface area (Å²) in [6.07, 6.45) is 7.28. The summed E-state index contributed by atoms with van der Waals surface area (Å²) in [7, 11) is 0. The third-order valence-corrected chi connectivity index (χ3v) is 5.12. The molecule has 0 heterocycles. The quantitative estimate of drug-likeness (QED) is 0.847. The lowest BCUT2D eigenvalue weighted by atomic mass is 9.88. The Bertz CT molecular complexity index is 513. The largest absolute Gasteiger partial charge is 0.350 e. The molecule has 23 heavy (non-hydrogen) atoms. The Morgan fingerprint density at radius 2 is 1.91 bits per heavy atom. The highest BCUT2D eigenvalue weighted by Gasteiger charge is 2.39. The minimum absolute atomic E-state index is 0.0163. The molecule has 3 N–H and O–H groups in total. The minimum Gasteiger partial charge on any atom is -0.350 e. The topological polar surface area (TPSA) is 58.4 Å². The number of benzene rings is 1.